The fraction of sp³-hybridized carbons (Fsp3) is 0.696. The van der Waals surface area contributed by atoms with Crippen LogP contribution in [0.25, 0.3) is 0 Å². The summed E-state index contributed by atoms with van der Waals surface area (Å²) in [6.07, 6.45) is 1.23. The van der Waals surface area contributed by atoms with Gasteiger partial charge >= 0.3 is 0 Å². The van der Waals surface area contributed by atoms with Crippen molar-refractivity contribution in [3.63, 3.8) is 0 Å². The van der Waals surface area contributed by atoms with Crippen LogP contribution in [0.2, 0.25) is 0 Å². The summed E-state index contributed by atoms with van der Waals surface area (Å²) in [4.78, 5) is 9.66. The van der Waals surface area contributed by atoms with E-state index in [0.29, 0.717) is 6.04 Å². The fourth-order valence-corrected chi connectivity index (χ4v) is 6.07. The molecule has 30 heavy (non-hydrogen) atoms. The van der Waals surface area contributed by atoms with Crippen molar-refractivity contribution in [2.45, 2.75) is 31.8 Å². The van der Waals surface area contributed by atoms with Crippen LogP contribution in [0.4, 0.5) is 0 Å². The number of benzene rings is 1. The van der Waals surface area contributed by atoms with Gasteiger partial charge in [-0.2, -0.15) is 11.8 Å². The van der Waals surface area contributed by atoms with Gasteiger partial charge in [0, 0.05) is 44.5 Å². The van der Waals surface area contributed by atoms with Crippen LogP contribution in [0.1, 0.15) is 31.9 Å². The van der Waals surface area contributed by atoms with Crippen LogP contribution in [0, 0.1) is 0 Å². The average molecular weight is 434 g/mol. The lowest BCUT2D eigenvalue weighted by molar-refractivity contribution is -0.0120. The molecule has 2 saturated heterocycles. The molecule has 2 unspecified atom stereocenters. The van der Waals surface area contributed by atoms with Crippen LogP contribution in [0.3, 0.4) is 0 Å². The first-order valence-electron chi connectivity index (χ1n) is 11.4. The summed E-state index contributed by atoms with van der Waals surface area (Å²) in [5, 5.41) is 7.26. The summed E-state index contributed by atoms with van der Waals surface area (Å²) in [5.41, 5.74) is 1.56. The molecule has 168 valence electrons. The number of morpholine rings is 1. The molecule has 7 heteroatoms. The Morgan fingerprint density at radius 3 is 2.53 bits per heavy atom. The number of thioether (sulfide) groups is 1. The summed E-state index contributed by atoms with van der Waals surface area (Å²) in [7, 11) is 1.87. The third-order valence-corrected chi connectivity index (χ3v) is 7.71. The summed E-state index contributed by atoms with van der Waals surface area (Å²) in [6.45, 7) is 12.1. The van der Waals surface area contributed by atoms with E-state index < -0.39 is 0 Å². The predicted molar refractivity (Wildman–Crippen MR) is 129 cm³/mol. The Labute approximate surface area is 186 Å². The highest BCUT2D eigenvalue weighted by atomic mass is 32.2. The van der Waals surface area contributed by atoms with Gasteiger partial charge in [-0.05, 0) is 30.8 Å². The number of hydrogen-bond donors (Lipinski definition) is 2. The zero-order valence-corrected chi connectivity index (χ0v) is 19.7. The number of rotatable bonds is 9. The zero-order valence-electron chi connectivity index (χ0n) is 18.9. The van der Waals surface area contributed by atoms with Gasteiger partial charge in [0.25, 0.3) is 0 Å². The lowest BCUT2D eigenvalue weighted by Gasteiger charge is -2.43. The summed E-state index contributed by atoms with van der Waals surface area (Å²) >= 11 is 2.07. The molecule has 6 nitrogen and oxygen atoms in total. The Hall–Kier alpha value is -1.28. The molecule has 0 aromatic heterocycles. The second kappa shape index (κ2) is 11.9. The Morgan fingerprint density at radius 1 is 1.20 bits per heavy atom. The maximum Gasteiger partial charge on any atom is 0.191 e. The van der Waals surface area contributed by atoms with Crippen molar-refractivity contribution in [1.29, 1.82) is 0 Å². The molecular weight excluding hydrogens is 394 g/mol. The monoisotopic (exact) mass is 433 g/mol. The largest absolute Gasteiger partial charge is 0.379 e. The van der Waals surface area contributed by atoms with Gasteiger partial charge in [-0.25, -0.2) is 0 Å². The van der Waals surface area contributed by atoms with E-state index >= 15 is 0 Å². The highest BCUT2D eigenvalue weighted by molar-refractivity contribution is 7.99. The molecule has 2 N–H and O–H groups in total. The summed E-state index contributed by atoms with van der Waals surface area (Å²) in [6, 6.07) is 11.1. The van der Waals surface area contributed by atoms with Crippen molar-refractivity contribution in [3.8, 4) is 0 Å². The first-order valence-corrected chi connectivity index (χ1v) is 12.5. The van der Waals surface area contributed by atoms with E-state index in [1.165, 1.54) is 23.5 Å². The number of likely N-dealkylation sites (N-methyl/N-ethyl adjacent to an activating group) is 1. The Bertz CT molecular complexity index is 640. The minimum atomic E-state index is 0.212. The maximum atomic E-state index is 5.59. The van der Waals surface area contributed by atoms with E-state index in [2.05, 4.69) is 81.4 Å². The smallest absolute Gasteiger partial charge is 0.191 e. The van der Waals surface area contributed by atoms with Gasteiger partial charge in [0.2, 0.25) is 0 Å². The minimum Gasteiger partial charge on any atom is -0.379 e. The first-order chi connectivity index (χ1) is 14.7. The standard InChI is InChI=1S/C23H39N5OS/c1-4-27(5-2)21(20-9-7-6-8-10-20)17-25-22(24-3)26-18-23(11-16-30-19-23)28-12-14-29-15-13-28/h6-10,21H,4-5,11-19H2,1-3H3,(H2,24,25,26). The lowest BCUT2D eigenvalue weighted by Crippen LogP contribution is -2.60. The molecule has 0 aliphatic carbocycles. The van der Waals surface area contributed by atoms with E-state index in [-0.39, 0.29) is 5.54 Å². The number of aliphatic imine (C=N–C) groups is 1. The van der Waals surface area contributed by atoms with E-state index in [9.17, 15) is 0 Å². The normalized spacial score (nSPS) is 24.2. The molecular formula is C23H39N5OS. The molecule has 3 rings (SSSR count). The third kappa shape index (κ3) is 5.90. The van der Waals surface area contributed by atoms with Gasteiger partial charge in [0.15, 0.2) is 5.96 Å². The highest BCUT2D eigenvalue weighted by Crippen LogP contribution is 2.33. The van der Waals surface area contributed by atoms with Crippen LogP contribution in [0.15, 0.2) is 35.3 Å². The molecule has 0 saturated carbocycles. The van der Waals surface area contributed by atoms with Crippen molar-refractivity contribution in [2.75, 3.05) is 71.0 Å². The number of nitrogens with zero attached hydrogens (tertiary/aromatic N) is 3. The Balaban J connectivity index is 1.61. The van der Waals surface area contributed by atoms with Crippen molar-refractivity contribution in [1.82, 2.24) is 20.4 Å². The molecule has 0 radical (unpaired) electrons. The average Bonchev–Trinajstić information content (AvgIpc) is 3.30. The molecule has 2 aliphatic rings. The molecule has 1 aromatic carbocycles. The van der Waals surface area contributed by atoms with Crippen LogP contribution in [0.5, 0.6) is 0 Å². The predicted octanol–water partition coefficient (Wildman–Crippen LogP) is 2.44. The van der Waals surface area contributed by atoms with Crippen molar-refractivity contribution < 1.29 is 4.74 Å². The van der Waals surface area contributed by atoms with Crippen LogP contribution in [-0.4, -0.2) is 92.3 Å². The molecule has 0 spiro atoms. The number of nitrogens with one attached hydrogen (secondary N) is 2. The SMILES string of the molecule is CCN(CC)C(CNC(=NC)NCC1(N2CCOCC2)CCSC1)c1ccccc1. The van der Waals surface area contributed by atoms with Gasteiger partial charge in [-0.3, -0.25) is 14.8 Å². The van der Waals surface area contributed by atoms with Crippen molar-refractivity contribution in [2.24, 2.45) is 4.99 Å². The minimum absolute atomic E-state index is 0.212. The molecule has 0 amide bonds. The summed E-state index contributed by atoms with van der Waals surface area (Å²) in [5.74, 6) is 3.32. The summed E-state index contributed by atoms with van der Waals surface area (Å²) < 4.78 is 5.59. The van der Waals surface area contributed by atoms with Crippen LogP contribution < -0.4 is 10.6 Å². The van der Waals surface area contributed by atoms with Crippen LogP contribution in [-0.2, 0) is 4.74 Å². The lowest BCUT2D eigenvalue weighted by atomic mass is 9.95. The number of ether oxygens (including phenoxy) is 1. The van der Waals surface area contributed by atoms with Gasteiger partial charge < -0.3 is 15.4 Å². The van der Waals surface area contributed by atoms with E-state index in [1.54, 1.807) is 0 Å². The van der Waals surface area contributed by atoms with Gasteiger partial charge in [-0.1, -0.05) is 44.2 Å². The van der Waals surface area contributed by atoms with E-state index in [4.69, 9.17) is 4.74 Å². The van der Waals surface area contributed by atoms with Crippen molar-refractivity contribution in [3.05, 3.63) is 35.9 Å². The van der Waals surface area contributed by atoms with Crippen LogP contribution >= 0.6 is 11.8 Å². The zero-order chi connectivity index (χ0) is 21.2. The van der Waals surface area contributed by atoms with Gasteiger partial charge in [0.05, 0.1) is 19.3 Å². The Kier molecular flexibility index (Phi) is 9.30. The van der Waals surface area contributed by atoms with Gasteiger partial charge in [0.1, 0.15) is 0 Å². The molecule has 0 bridgehead atoms. The first kappa shape index (κ1) is 23.4. The van der Waals surface area contributed by atoms with E-state index in [1.807, 2.05) is 7.05 Å². The molecule has 2 heterocycles. The molecule has 2 fully saturated rings. The maximum absolute atomic E-state index is 5.59. The second-order valence-electron chi connectivity index (χ2n) is 8.08. The van der Waals surface area contributed by atoms with Gasteiger partial charge in [-0.15, -0.1) is 0 Å². The van der Waals surface area contributed by atoms with Crippen molar-refractivity contribution >= 4 is 17.7 Å². The Morgan fingerprint density at radius 2 is 1.93 bits per heavy atom. The fourth-order valence-electron chi connectivity index (χ4n) is 4.59. The topological polar surface area (TPSA) is 52.1 Å². The number of guanidine groups is 1. The number of hydrogen-bond acceptors (Lipinski definition) is 5. The highest BCUT2D eigenvalue weighted by Gasteiger charge is 2.40. The molecule has 1 aromatic rings. The molecule has 2 aliphatic heterocycles. The van der Waals surface area contributed by atoms with E-state index in [0.717, 1.165) is 58.4 Å². The quantitative estimate of drug-likeness (QED) is 0.461. The third-order valence-electron chi connectivity index (χ3n) is 6.47. The second-order valence-corrected chi connectivity index (χ2v) is 9.19. The molecule has 2 atom stereocenters.